The highest BCUT2D eigenvalue weighted by molar-refractivity contribution is 6.17. The summed E-state index contributed by atoms with van der Waals surface area (Å²) in [6, 6.07) is 8.63. The van der Waals surface area contributed by atoms with Crippen LogP contribution in [0.2, 0.25) is 0 Å². The topological polar surface area (TPSA) is 0 Å². The van der Waals surface area contributed by atoms with Gasteiger partial charge in [-0.25, -0.2) is 0 Å². The number of hydrogen-bond donors (Lipinski definition) is 0. The fourth-order valence-corrected chi connectivity index (χ4v) is 4.06. The van der Waals surface area contributed by atoms with Crippen molar-refractivity contribution < 1.29 is 0 Å². The molecule has 0 bridgehead atoms. The van der Waals surface area contributed by atoms with Crippen LogP contribution in [0, 0.1) is 0 Å². The van der Waals surface area contributed by atoms with Crippen molar-refractivity contribution in [2.24, 2.45) is 0 Å². The Morgan fingerprint density at radius 1 is 0.538 bits per heavy atom. The van der Waals surface area contributed by atoms with Gasteiger partial charge in [-0.05, 0) is 24.0 Å². The third kappa shape index (κ3) is 12.8. The van der Waals surface area contributed by atoms with Gasteiger partial charge in [0, 0.05) is 5.88 Å². The molecular weight excluding hydrogens is 336 g/mol. The van der Waals surface area contributed by atoms with E-state index in [-0.39, 0.29) is 0 Å². The molecular formula is C25H43Cl. The maximum Gasteiger partial charge on any atom is 0.0476 e. The van der Waals surface area contributed by atoms with Gasteiger partial charge in [-0.3, -0.25) is 0 Å². The normalized spacial score (nSPS) is 11.2. The van der Waals surface area contributed by atoms with Gasteiger partial charge in [0.25, 0.3) is 0 Å². The number of aryl methyl sites for hydroxylation is 1. The minimum atomic E-state index is 0.648. The van der Waals surface area contributed by atoms with E-state index in [1.54, 1.807) is 0 Å². The van der Waals surface area contributed by atoms with Crippen LogP contribution in [0.3, 0.4) is 0 Å². The van der Waals surface area contributed by atoms with Crippen LogP contribution in [0.15, 0.2) is 24.3 Å². The van der Waals surface area contributed by atoms with Crippen molar-refractivity contribution in [3.63, 3.8) is 0 Å². The summed E-state index contributed by atoms with van der Waals surface area (Å²) < 4.78 is 0. The molecule has 1 aromatic carbocycles. The molecule has 1 heteroatoms. The zero-order valence-electron chi connectivity index (χ0n) is 17.4. The molecule has 150 valence electrons. The molecule has 1 aromatic rings. The van der Waals surface area contributed by atoms with Crippen LogP contribution < -0.4 is 0 Å². The molecule has 0 aliphatic carbocycles. The van der Waals surface area contributed by atoms with Gasteiger partial charge in [-0.2, -0.15) is 0 Å². The molecule has 0 heterocycles. The van der Waals surface area contributed by atoms with E-state index in [2.05, 4.69) is 31.2 Å². The van der Waals surface area contributed by atoms with E-state index in [0.29, 0.717) is 5.88 Å². The molecule has 0 nitrogen and oxygen atoms in total. The molecule has 0 radical (unpaired) electrons. The van der Waals surface area contributed by atoms with Crippen LogP contribution in [0.1, 0.15) is 121 Å². The Morgan fingerprint density at radius 3 is 1.35 bits per heavy atom. The molecule has 0 spiro atoms. The van der Waals surface area contributed by atoms with Gasteiger partial charge < -0.3 is 0 Å². The Labute approximate surface area is 169 Å². The third-order valence-corrected chi connectivity index (χ3v) is 5.85. The second-order valence-electron chi connectivity index (χ2n) is 7.96. The Balaban J connectivity index is 1.80. The number of benzene rings is 1. The summed E-state index contributed by atoms with van der Waals surface area (Å²) in [5, 5.41) is 0. The van der Waals surface area contributed by atoms with E-state index in [4.69, 9.17) is 11.6 Å². The summed E-state index contributed by atoms with van der Waals surface area (Å²) in [6.07, 6.45) is 24.1. The first-order chi connectivity index (χ1) is 12.9. The molecule has 26 heavy (non-hydrogen) atoms. The molecule has 0 saturated carbocycles. The molecule has 0 aliphatic rings. The highest BCUT2D eigenvalue weighted by Crippen LogP contribution is 2.17. The lowest BCUT2D eigenvalue weighted by atomic mass is 10.0. The van der Waals surface area contributed by atoms with Gasteiger partial charge in [-0.15, -0.1) is 11.6 Å². The number of unbranched alkanes of at least 4 members (excludes halogenated alkanes) is 15. The summed E-state index contributed by atoms with van der Waals surface area (Å²) in [6.45, 7) is 2.29. The highest BCUT2D eigenvalue weighted by Gasteiger charge is 2.00. The van der Waals surface area contributed by atoms with Gasteiger partial charge >= 0.3 is 0 Å². The average Bonchev–Trinajstić information content (AvgIpc) is 2.68. The van der Waals surface area contributed by atoms with Crippen molar-refractivity contribution >= 4 is 11.6 Å². The van der Waals surface area contributed by atoms with E-state index < -0.39 is 0 Å². The van der Waals surface area contributed by atoms with Crippen molar-refractivity contribution in [1.29, 1.82) is 0 Å². The Bertz CT molecular complexity index is 412. The van der Waals surface area contributed by atoms with E-state index >= 15 is 0 Å². The van der Waals surface area contributed by atoms with E-state index in [0.717, 1.165) is 0 Å². The minimum Gasteiger partial charge on any atom is -0.122 e. The Morgan fingerprint density at radius 2 is 0.923 bits per heavy atom. The SMILES string of the molecule is CCCCCCCCCCCCCCCCCCc1ccccc1CCl. The van der Waals surface area contributed by atoms with Crippen LogP contribution in [-0.2, 0) is 12.3 Å². The van der Waals surface area contributed by atoms with Gasteiger partial charge in [0.15, 0.2) is 0 Å². The van der Waals surface area contributed by atoms with Crippen LogP contribution in [0.25, 0.3) is 0 Å². The summed E-state index contributed by atoms with van der Waals surface area (Å²) in [5.74, 6) is 0.648. The van der Waals surface area contributed by atoms with Crippen LogP contribution in [0.5, 0.6) is 0 Å². The van der Waals surface area contributed by atoms with Crippen molar-refractivity contribution in [2.75, 3.05) is 0 Å². The van der Waals surface area contributed by atoms with E-state index in [1.807, 2.05) is 0 Å². The van der Waals surface area contributed by atoms with Crippen molar-refractivity contribution in [1.82, 2.24) is 0 Å². The first kappa shape index (κ1) is 23.5. The monoisotopic (exact) mass is 378 g/mol. The second-order valence-corrected chi connectivity index (χ2v) is 8.22. The number of rotatable bonds is 18. The zero-order valence-corrected chi connectivity index (χ0v) is 18.2. The molecule has 0 aliphatic heterocycles. The predicted molar refractivity (Wildman–Crippen MR) is 119 cm³/mol. The maximum absolute atomic E-state index is 6.01. The Kier molecular flexibility index (Phi) is 16.2. The lowest BCUT2D eigenvalue weighted by Crippen LogP contribution is -1.92. The number of halogens is 1. The molecule has 0 atom stereocenters. The second kappa shape index (κ2) is 17.9. The standard InChI is InChI=1S/C25H43Cl/c1-2-3-4-5-6-7-8-9-10-11-12-13-14-15-16-17-20-24-21-18-19-22-25(24)23-26/h18-19,21-22H,2-17,20,23H2,1H3. The summed E-state index contributed by atoms with van der Waals surface area (Å²) in [4.78, 5) is 0. The van der Waals surface area contributed by atoms with E-state index in [9.17, 15) is 0 Å². The zero-order chi connectivity index (χ0) is 18.7. The minimum absolute atomic E-state index is 0.648. The van der Waals surface area contributed by atoms with Crippen LogP contribution in [0.4, 0.5) is 0 Å². The van der Waals surface area contributed by atoms with Crippen molar-refractivity contribution in [2.45, 2.75) is 122 Å². The molecule has 0 saturated heterocycles. The maximum atomic E-state index is 6.01. The quantitative estimate of drug-likeness (QED) is 0.176. The molecule has 0 N–H and O–H groups in total. The summed E-state index contributed by atoms with van der Waals surface area (Å²) in [7, 11) is 0. The Hall–Kier alpha value is -0.490. The molecule has 0 amide bonds. The lowest BCUT2D eigenvalue weighted by molar-refractivity contribution is 0.529. The molecule has 0 fully saturated rings. The molecule has 0 aromatic heterocycles. The van der Waals surface area contributed by atoms with Gasteiger partial charge in [0.05, 0.1) is 0 Å². The molecule has 1 rings (SSSR count). The fourth-order valence-electron chi connectivity index (χ4n) is 3.80. The lowest BCUT2D eigenvalue weighted by Gasteiger charge is -2.07. The number of hydrogen-bond acceptors (Lipinski definition) is 0. The first-order valence-corrected chi connectivity index (χ1v) is 12.0. The first-order valence-electron chi connectivity index (χ1n) is 11.5. The van der Waals surface area contributed by atoms with Crippen molar-refractivity contribution in [3.05, 3.63) is 35.4 Å². The molecule has 0 unspecified atom stereocenters. The predicted octanol–water partition coefficient (Wildman–Crippen LogP) is 9.23. The van der Waals surface area contributed by atoms with E-state index in [1.165, 1.54) is 120 Å². The third-order valence-electron chi connectivity index (χ3n) is 5.56. The van der Waals surface area contributed by atoms with Gasteiger partial charge in [-0.1, -0.05) is 128 Å². The average molecular weight is 379 g/mol. The highest BCUT2D eigenvalue weighted by atomic mass is 35.5. The summed E-state index contributed by atoms with van der Waals surface area (Å²) >= 11 is 6.01. The van der Waals surface area contributed by atoms with Gasteiger partial charge in [0.1, 0.15) is 0 Å². The van der Waals surface area contributed by atoms with Crippen molar-refractivity contribution in [3.8, 4) is 0 Å². The summed E-state index contributed by atoms with van der Waals surface area (Å²) in [5.41, 5.74) is 2.77. The fraction of sp³-hybridized carbons (Fsp3) is 0.760. The van der Waals surface area contributed by atoms with Crippen LogP contribution in [-0.4, -0.2) is 0 Å². The largest absolute Gasteiger partial charge is 0.122 e. The van der Waals surface area contributed by atoms with Crippen LogP contribution >= 0.6 is 11.6 Å². The number of alkyl halides is 1. The van der Waals surface area contributed by atoms with Gasteiger partial charge in [0.2, 0.25) is 0 Å². The smallest absolute Gasteiger partial charge is 0.0476 e.